The van der Waals surface area contributed by atoms with Gasteiger partial charge in [-0.3, -0.25) is 0 Å². The van der Waals surface area contributed by atoms with Gasteiger partial charge in [0.05, 0.1) is 6.04 Å². The Balaban J connectivity index is 2.32. The first-order valence-electron chi connectivity index (χ1n) is 5.18. The minimum atomic E-state index is 0.252. The number of halogens is 1. The van der Waals surface area contributed by atoms with Crippen LogP contribution in [-0.2, 0) is 0 Å². The van der Waals surface area contributed by atoms with Crippen molar-refractivity contribution in [3.63, 3.8) is 0 Å². The minimum Gasteiger partial charge on any atom is -0.309 e. The van der Waals surface area contributed by atoms with Crippen LogP contribution in [0, 0.1) is 6.92 Å². The van der Waals surface area contributed by atoms with Crippen LogP contribution in [0.4, 0.5) is 0 Å². The SMILES string of the molecule is CNC(c1ccc(Cl)cc1)c1csc(C)c1. The van der Waals surface area contributed by atoms with Crippen LogP contribution in [-0.4, -0.2) is 7.05 Å². The fourth-order valence-electron chi connectivity index (χ4n) is 1.80. The van der Waals surface area contributed by atoms with Crippen molar-refractivity contribution in [1.82, 2.24) is 5.32 Å². The fraction of sp³-hybridized carbons (Fsp3) is 0.231. The van der Waals surface area contributed by atoms with Crippen molar-refractivity contribution in [1.29, 1.82) is 0 Å². The van der Waals surface area contributed by atoms with Gasteiger partial charge in [0.2, 0.25) is 0 Å². The van der Waals surface area contributed by atoms with E-state index in [4.69, 9.17) is 11.6 Å². The molecule has 0 aliphatic rings. The largest absolute Gasteiger partial charge is 0.309 e. The molecule has 16 heavy (non-hydrogen) atoms. The van der Waals surface area contributed by atoms with E-state index in [1.165, 1.54) is 16.0 Å². The van der Waals surface area contributed by atoms with E-state index in [-0.39, 0.29) is 6.04 Å². The van der Waals surface area contributed by atoms with Crippen molar-refractivity contribution in [2.75, 3.05) is 7.05 Å². The molecule has 0 amide bonds. The highest BCUT2D eigenvalue weighted by molar-refractivity contribution is 7.10. The van der Waals surface area contributed by atoms with Gasteiger partial charge in [-0.2, -0.15) is 0 Å². The van der Waals surface area contributed by atoms with Crippen LogP contribution >= 0.6 is 22.9 Å². The molecule has 0 saturated heterocycles. The maximum atomic E-state index is 5.89. The summed E-state index contributed by atoms with van der Waals surface area (Å²) in [5.41, 5.74) is 2.55. The molecule has 0 fully saturated rings. The maximum absolute atomic E-state index is 5.89. The fourth-order valence-corrected chi connectivity index (χ4v) is 2.65. The lowest BCUT2D eigenvalue weighted by Crippen LogP contribution is -2.16. The van der Waals surface area contributed by atoms with Crippen molar-refractivity contribution < 1.29 is 0 Å². The second-order valence-electron chi connectivity index (χ2n) is 3.76. The summed E-state index contributed by atoms with van der Waals surface area (Å²) < 4.78 is 0. The molecule has 0 spiro atoms. The van der Waals surface area contributed by atoms with E-state index in [0.29, 0.717) is 0 Å². The van der Waals surface area contributed by atoms with E-state index in [1.807, 2.05) is 19.2 Å². The zero-order valence-electron chi connectivity index (χ0n) is 9.33. The topological polar surface area (TPSA) is 12.0 Å². The maximum Gasteiger partial charge on any atom is 0.0582 e. The van der Waals surface area contributed by atoms with Crippen LogP contribution in [0.25, 0.3) is 0 Å². The minimum absolute atomic E-state index is 0.252. The van der Waals surface area contributed by atoms with Crippen molar-refractivity contribution in [2.24, 2.45) is 0 Å². The molecule has 1 atom stereocenters. The van der Waals surface area contributed by atoms with Gasteiger partial charge in [-0.15, -0.1) is 11.3 Å². The second-order valence-corrected chi connectivity index (χ2v) is 5.32. The number of hydrogen-bond acceptors (Lipinski definition) is 2. The number of hydrogen-bond donors (Lipinski definition) is 1. The van der Waals surface area contributed by atoms with E-state index < -0.39 is 0 Å². The third-order valence-corrected chi connectivity index (χ3v) is 3.71. The molecule has 2 aromatic rings. The van der Waals surface area contributed by atoms with Crippen molar-refractivity contribution in [2.45, 2.75) is 13.0 Å². The third kappa shape index (κ3) is 2.46. The van der Waals surface area contributed by atoms with Crippen LogP contribution in [0.2, 0.25) is 5.02 Å². The van der Waals surface area contributed by atoms with Crippen molar-refractivity contribution in [3.05, 3.63) is 56.7 Å². The normalized spacial score (nSPS) is 12.7. The Hall–Kier alpha value is -0.830. The molecule has 1 N–H and O–H groups in total. The summed E-state index contributed by atoms with van der Waals surface area (Å²) in [6.45, 7) is 2.13. The van der Waals surface area contributed by atoms with Crippen LogP contribution in [0.5, 0.6) is 0 Å². The van der Waals surface area contributed by atoms with E-state index >= 15 is 0 Å². The summed E-state index contributed by atoms with van der Waals surface area (Å²) in [4.78, 5) is 1.34. The highest BCUT2D eigenvalue weighted by Crippen LogP contribution is 2.26. The lowest BCUT2D eigenvalue weighted by molar-refractivity contribution is 0.694. The predicted molar refractivity (Wildman–Crippen MR) is 71.4 cm³/mol. The number of aryl methyl sites for hydroxylation is 1. The van der Waals surface area contributed by atoms with Gasteiger partial charge >= 0.3 is 0 Å². The smallest absolute Gasteiger partial charge is 0.0582 e. The van der Waals surface area contributed by atoms with E-state index in [0.717, 1.165) is 5.02 Å². The van der Waals surface area contributed by atoms with Crippen molar-refractivity contribution in [3.8, 4) is 0 Å². The quantitative estimate of drug-likeness (QED) is 0.869. The molecule has 3 heteroatoms. The number of benzene rings is 1. The van der Waals surface area contributed by atoms with Crippen molar-refractivity contribution >= 4 is 22.9 Å². The van der Waals surface area contributed by atoms with E-state index in [9.17, 15) is 0 Å². The molecular formula is C13H14ClNS. The molecule has 0 radical (unpaired) electrons. The standard InChI is InChI=1S/C13H14ClNS/c1-9-7-11(8-16-9)13(15-2)10-3-5-12(14)6-4-10/h3-8,13,15H,1-2H3. The molecule has 0 aliphatic heterocycles. The zero-order valence-corrected chi connectivity index (χ0v) is 10.9. The molecular weight excluding hydrogens is 238 g/mol. The van der Waals surface area contributed by atoms with E-state index in [1.54, 1.807) is 11.3 Å². The molecule has 1 aromatic carbocycles. The first-order valence-corrected chi connectivity index (χ1v) is 6.44. The first-order chi connectivity index (χ1) is 7.70. The van der Waals surface area contributed by atoms with Crippen LogP contribution in [0.3, 0.4) is 0 Å². The lowest BCUT2D eigenvalue weighted by atomic mass is 10.0. The second kappa shape index (κ2) is 5.00. The van der Waals surface area contributed by atoms with Gasteiger partial charge in [0.25, 0.3) is 0 Å². The molecule has 0 aliphatic carbocycles. The Morgan fingerprint density at radius 1 is 1.19 bits per heavy atom. The van der Waals surface area contributed by atoms with Gasteiger partial charge in [0.1, 0.15) is 0 Å². The van der Waals surface area contributed by atoms with Gasteiger partial charge in [-0.05, 0) is 48.7 Å². The van der Waals surface area contributed by atoms with Gasteiger partial charge in [0.15, 0.2) is 0 Å². The van der Waals surface area contributed by atoms with Gasteiger partial charge in [0, 0.05) is 9.90 Å². The zero-order chi connectivity index (χ0) is 11.5. The molecule has 1 nitrogen and oxygen atoms in total. The molecule has 1 heterocycles. The molecule has 84 valence electrons. The summed E-state index contributed by atoms with van der Waals surface area (Å²) in [6.07, 6.45) is 0. The molecule has 0 bridgehead atoms. The van der Waals surface area contributed by atoms with Gasteiger partial charge < -0.3 is 5.32 Å². The summed E-state index contributed by atoms with van der Waals surface area (Å²) >= 11 is 7.67. The molecule has 2 rings (SSSR count). The number of thiophene rings is 1. The summed E-state index contributed by atoms with van der Waals surface area (Å²) in [7, 11) is 1.98. The predicted octanol–water partition coefficient (Wildman–Crippen LogP) is 4.02. The van der Waals surface area contributed by atoms with Crippen LogP contribution < -0.4 is 5.32 Å². The number of nitrogens with one attached hydrogen (secondary N) is 1. The Labute approximate surface area is 105 Å². The molecule has 1 unspecified atom stereocenters. The Morgan fingerprint density at radius 3 is 2.38 bits per heavy atom. The highest BCUT2D eigenvalue weighted by atomic mass is 35.5. The van der Waals surface area contributed by atoms with E-state index in [2.05, 4.69) is 35.8 Å². The molecule has 1 aromatic heterocycles. The monoisotopic (exact) mass is 251 g/mol. The summed E-state index contributed by atoms with van der Waals surface area (Å²) in [5.74, 6) is 0. The van der Waals surface area contributed by atoms with Crippen LogP contribution in [0.15, 0.2) is 35.7 Å². The third-order valence-electron chi connectivity index (χ3n) is 2.58. The Bertz CT molecular complexity index is 461. The van der Waals surface area contributed by atoms with Gasteiger partial charge in [-0.25, -0.2) is 0 Å². The average Bonchev–Trinajstić information content (AvgIpc) is 2.69. The average molecular weight is 252 g/mol. The first kappa shape index (κ1) is 11.6. The summed E-state index contributed by atoms with van der Waals surface area (Å²) in [6, 6.07) is 10.5. The Kier molecular flexibility index (Phi) is 3.64. The highest BCUT2D eigenvalue weighted by Gasteiger charge is 2.12. The molecule has 0 saturated carbocycles. The lowest BCUT2D eigenvalue weighted by Gasteiger charge is -2.15. The Morgan fingerprint density at radius 2 is 1.88 bits per heavy atom. The van der Waals surface area contributed by atoms with Gasteiger partial charge in [-0.1, -0.05) is 23.7 Å². The van der Waals surface area contributed by atoms with Crippen LogP contribution in [0.1, 0.15) is 22.0 Å². The summed E-state index contributed by atoms with van der Waals surface area (Å²) in [5, 5.41) is 6.31. The number of rotatable bonds is 3.